The van der Waals surface area contributed by atoms with Crippen LogP contribution < -0.4 is 5.32 Å². The van der Waals surface area contributed by atoms with Crippen LogP contribution >= 0.6 is 27.3 Å². The molecule has 1 aromatic heterocycles. The number of ether oxygens (including phenoxy) is 1. The maximum Gasteiger partial charge on any atom is 0.350 e. The summed E-state index contributed by atoms with van der Waals surface area (Å²) in [5, 5.41) is 3.57. The number of rotatable bonds is 3. The lowest BCUT2D eigenvalue weighted by Crippen LogP contribution is -1.99. The van der Waals surface area contributed by atoms with Gasteiger partial charge in [-0.1, -0.05) is 11.3 Å². The molecule has 0 atom stereocenters. The molecule has 0 fully saturated rings. The highest BCUT2D eigenvalue weighted by molar-refractivity contribution is 9.10. The van der Waals surface area contributed by atoms with Crippen LogP contribution in [0.3, 0.4) is 0 Å². The molecule has 0 aliphatic rings. The maximum absolute atomic E-state index is 13.0. The van der Waals surface area contributed by atoms with E-state index in [1.807, 2.05) is 0 Å². The van der Waals surface area contributed by atoms with Gasteiger partial charge in [-0.15, -0.1) is 0 Å². The van der Waals surface area contributed by atoms with Crippen molar-refractivity contribution >= 4 is 44.1 Å². The largest absolute Gasteiger partial charge is 0.465 e. The Kier molecular flexibility index (Phi) is 4.16. The summed E-state index contributed by atoms with van der Waals surface area (Å²) >= 11 is 4.44. The van der Waals surface area contributed by atoms with E-state index in [1.54, 1.807) is 13.0 Å². The molecule has 0 unspecified atom stereocenters. The van der Waals surface area contributed by atoms with Crippen LogP contribution in [0.15, 0.2) is 22.7 Å². The zero-order valence-corrected chi connectivity index (χ0v) is 12.6. The molecule has 0 radical (unpaired) electrons. The van der Waals surface area contributed by atoms with E-state index in [-0.39, 0.29) is 5.82 Å². The maximum atomic E-state index is 13.0. The van der Waals surface area contributed by atoms with Crippen LogP contribution in [0.25, 0.3) is 0 Å². The van der Waals surface area contributed by atoms with Crippen LogP contribution in [-0.4, -0.2) is 18.1 Å². The van der Waals surface area contributed by atoms with E-state index >= 15 is 0 Å². The number of aromatic nitrogens is 1. The third kappa shape index (κ3) is 3.10. The first kappa shape index (κ1) is 14.0. The minimum absolute atomic E-state index is 0.331. The van der Waals surface area contributed by atoms with E-state index in [9.17, 15) is 9.18 Å². The molecule has 100 valence electrons. The number of carbonyl (C=O) groups is 1. The molecule has 1 aromatic carbocycles. The van der Waals surface area contributed by atoms with E-state index < -0.39 is 5.97 Å². The molecule has 0 saturated heterocycles. The van der Waals surface area contributed by atoms with Gasteiger partial charge in [0.1, 0.15) is 10.7 Å². The van der Waals surface area contributed by atoms with Crippen molar-refractivity contribution < 1.29 is 13.9 Å². The summed E-state index contributed by atoms with van der Waals surface area (Å²) in [6, 6.07) is 4.28. The molecule has 0 amide bonds. The zero-order chi connectivity index (χ0) is 14.0. The minimum Gasteiger partial charge on any atom is -0.465 e. The lowest BCUT2D eigenvalue weighted by Gasteiger charge is -2.04. The molecule has 4 nitrogen and oxygen atoms in total. The number of anilines is 2. The number of halogens is 2. The normalized spacial score (nSPS) is 10.3. The van der Waals surface area contributed by atoms with Crippen molar-refractivity contribution in [3.63, 3.8) is 0 Å². The topological polar surface area (TPSA) is 51.2 Å². The SMILES string of the molecule is COC(=O)c1sc(Nc2ccc(F)cc2Br)nc1C. The van der Waals surface area contributed by atoms with Gasteiger partial charge in [-0.3, -0.25) is 0 Å². The van der Waals surface area contributed by atoms with Crippen LogP contribution in [0.2, 0.25) is 0 Å². The molecule has 2 rings (SSSR count). The molecule has 1 N–H and O–H groups in total. The molecule has 0 saturated carbocycles. The lowest BCUT2D eigenvalue weighted by molar-refractivity contribution is 0.0605. The fraction of sp³-hybridized carbons (Fsp3) is 0.167. The van der Waals surface area contributed by atoms with Crippen LogP contribution in [0.5, 0.6) is 0 Å². The van der Waals surface area contributed by atoms with Crippen molar-refractivity contribution in [2.75, 3.05) is 12.4 Å². The molecule has 7 heteroatoms. The molecule has 0 bridgehead atoms. The van der Waals surface area contributed by atoms with Gasteiger partial charge in [-0.05, 0) is 41.1 Å². The van der Waals surface area contributed by atoms with Gasteiger partial charge in [0.15, 0.2) is 5.13 Å². The number of nitrogens with zero attached hydrogens (tertiary/aromatic N) is 1. The summed E-state index contributed by atoms with van der Waals surface area (Å²) in [5.41, 5.74) is 1.27. The van der Waals surface area contributed by atoms with Crippen LogP contribution in [0.4, 0.5) is 15.2 Å². The minimum atomic E-state index is -0.416. The van der Waals surface area contributed by atoms with Crippen molar-refractivity contribution in [1.82, 2.24) is 4.98 Å². The summed E-state index contributed by atoms with van der Waals surface area (Å²) in [6.45, 7) is 1.73. The van der Waals surface area contributed by atoms with E-state index in [1.165, 1.54) is 30.6 Å². The molecule has 0 aliphatic heterocycles. The van der Waals surface area contributed by atoms with Gasteiger partial charge in [0.2, 0.25) is 0 Å². The molecule has 2 aromatic rings. The Labute approximate surface area is 121 Å². The van der Waals surface area contributed by atoms with Gasteiger partial charge in [0.05, 0.1) is 18.5 Å². The molecule has 0 spiro atoms. The Morgan fingerprint density at radius 3 is 2.89 bits per heavy atom. The van der Waals surface area contributed by atoms with Gasteiger partial charge >= 0.3 is 5.97 Å². The third-order valence-electron chi connectivity index (χ3n) is 2.34. The molecular formula is C12H10BrFN2O2S. The summed E-state index contributed by atoms with van der Waals surface area (Å²) in [6.07, 6.45) is 0. The number of methoxy groups -OCH3 is 1. The monoisotopic (exact) mass is 344 g/mol. The third-order valence-corrected chi connectivity index (χ3v) is 4.05. The standard InChI is InChI=1S/C12H10BrFN2O2S/c1-6-10(11(17)18-2)19-12(15-6)16-9-4-3-7(14)5-8(9)13/h3-5H,1-2H3,(H,15,16). The molecule has 0 aliphatic carbocycles. The average molecular weight is 345 g/mol. The van der Waals surface area contributed by atoms with Crippen molar-refractivity contribution in [1.29, 1.82) is 0 Å². The summed E-state index contributed by atoms with van der Waals surface area (Å²) in [7, 11) is 1.32. The predicted molar refractivity (Wildman–Crippen MR) is 75.6 cm³/mol. The van der Waals surface area contributed by atoms with Crippen LogP contribution in [-0.2, 0) is 4.74 Å². The second kappa shape index (κ2) is 5.66. The number of aryl methyl sites for hydroxylation is 1. The fourth-order valence-corrected chi connectivity index (χ4v) is 2.78. The highest BCUT2D eigenvalue weighted by atomic mass is 79.9. The predicted octanol–water partition coefficient (Wildman–Crippen LogP) is 3.88. The second-order valence-corrected chi connectivity index (χ2v) is 5.53. The number of nitrogens with one attached hydrogen (secondary N) is 1. The average Bonchev–Trinajstić information content (AvgIpc) is 2.73. The van der Waals surface area contributed by atoms with Gasteiger partial charge in [-0.2, -0.15) is 0 Å². The summed E-state index contributed by atoms with van der Waals surface area (Å²) < 4.78 is 18.2. The van der Waals surface area contributed by atoms with E-state index in [0.29, 0.717) is 25.9 Å². The first-order chi connectivity index (χ1) is 9.01. The van der Waals surface area contributed by atoms with Gasteiger partial charge in [-0.25, -0.2) is 14.2 Å². The van der Waals surface area contributed by atoms with Crippen molar-refractivity contribution in [2.45, 2.75) is 6.92 Å². The Morgan fingerprint density at radius 1 is 1.53 bits per heavy atom. The molecular weight excluding hydrogens is 335 g/mol. The number of thiazole rings is 1. The van der Waals surface area contributed by atoms with Crippen molar-refractivity contribution in [3.05, 3.63) is 39.1 Å². The Hall–Kier alpha value is -1.47. The Morgan fingerprint density at radius 2 is 2.26 bits per heavy atom. The Bertz CT molecular complexity index is 630. The van der Waals surface area contributed by atoms with Crippen LogP contribution in [0, 0.1) is 12.7 Å². The van der Waals surface area contributed by atoms with Crippen LogP contribution in [0.1, 0.15) is 15.4 Å². The zero-order valence-electron chi connectivity index (χ0n) is 10.2. The number of benzene rings is 1. The van der Waals surface area contributed by atoms with Gasteiger partial charge in [0.25, 0.3) is 0 Å². The quantitative estimate of drug-likeness (QED) is 0.858. The Balaban J connectivity index is 2.26. The molecule has 1 heterocycles. The summed E-state index contributed by atoms with van der Waals surface area (Å²) in [4.78, 5) is 16.2. The highest BCUT2D eigenvalue weighted by Gasteiger charge is 2.16. The van der Waals surface area contributed by atoms with Gasteiger partial charge < -0.3 is 10.1 Å². The lowest BCUT2D eigenvalue weighted by atomic mass is 10.3. The van der Waals surface area contributed by atoms with E-state index in [0.717, 1.165) is 0 Å². The molecule has 19 heavy (non-hydrogen) atoms. The number of hydrogen-bond donors (Lipinski definition) is 1. The first-order valence-corrected chi connectivity index (χ1v) is 6.90. The van der Waals surface area contributed by atoms with E-state index in [4.69, 9.17) is 0 Å². The number of hydrogen-bond acceptors (Lipinski definition) is 5. The second-order valence-electron chi connectivity index (χ2n) is 3.67. The van der Waals surface area contributed by atoms with E-state index in [2.05, 4.69) is 31.0 Å². The highest BCUT2D eigenvalue weighted by Crippen LogP contribution is 2.30. The number of carbonyl (C=O) groups excluding carboxylic acids is 1. The fourth-order valence-electron chi connectivity index (χ4n) is 1.44. The number of esters is 1. The summed E-state index contributed by atoms with van der Waals surface area (Å²) in [5.74, 6) is -0.746. The van der Waals surface area contributed by atoms with Crippen molar-refractivity contribution in [3.8, 4) is 0 Å². The van der Waals surface area contributed by atoms with Gasteiger partial charge in [0, 0.05) is 4.47 Å². The first-order valence-electron chi connectivity index (χ1n) is 5.29. The van der Waals surface area contributed by atoms with Crippen molar-refractivity contribution in [2.24, 2.45) is 0 Å². The smallest absolute Gasteiger partial charge is 0.350 e.